The van der Waals surface area contributed by atoms with E-state index in [1.165, 1.54) is 11.1 Å². The molecule has 2 unspecified atom stereocenters. The summed E-state index contributed by atoms with van der Waals surface area (Å²) in [6.07, 6.45) is 1.98. The number of carbonyl (C=O) groups is 1. The summed E-state index contributed by atoms with van der Waals surface area (Å²) in [6, 6.07) is 15.3. The molecule has 6 heteroatoms. The van der Waals surface area contributed by atoms with Crippen LogP contribution in [0.15, 0.2) is 48.5 Å². The molecule has 2 aromatic carbocycles. The Bertz CT molecular complexity index is 907. The van der Waals surface area contributed by atoms with E-state index < -0.39 is 10.0 Å². The van der Waals surface area contributed by atoms with Gasteiger partial charge >= 0.3 is 0 Å². The molecule has 3 rings (SSSR count). The molecule has 0 aromatic heterocycles. The second-order valence-corrected chi connectivity index (χ2v) is 8.82. The molecule has 1 fully saturated rings. The molecule has 0 bridgehead atoms. The number of para-hydroxylation sites is 1. The van der Waals surface area contributed by atoms with Gasteiger partial charge in [-0.05, 0) is 38.0 Å². The third-order valence-electron chi connectivity index (χ3n) is 4.84. The predicted molar refractivity (Wildman–Crippen MR) is 104 cm³/mol. The van der Waals surface area contributed by atoms with Gasteiger partial charge in [0.15, 0.2) is 0 Å². The quantitative estimate of drug-likeness (QED) is 0.895. The van der Waals surface area contributed by atoms with Gasteiger partial charge in [0.1, 0.15) is 0 Å². The molecule has 1 N–H and O–H groups in total. The van der Waals surface area contributed by atoms with Crippen molar-refractivity contribution in [2.45, 2.75) is 32.2 Å². The summed E-state index contributed by atoms with van der Waals surface area (Å²) in [5.74, 6) is 0.156. The molecule has 2 atom stereocenters. The molecule has 0 radical (unpaired) electrons. The summed E-state index contributed by atoms with van der Waals surface area (Å²) in [6.45, 7) is 4.73. The molecule has 5 nitrogen and oxygen atoms in total. The lowest BCUT2D eigenvalue weighted by Crippen LogP contribution is -2.34. The first-order chi connectivity index (χ1) is 12.2. The van der Waals surface area contributed by atoms with E-state index >= 15 is 0 Å². The minimum Gasteiger partial charge on any atom is -0.335 e. The van der Waals surface area contributed by atoms with E-state index in [0.29, 0.717) is 23.7 Å². The van der Waals surface area contributed by atoms with Crippen LogP contribution in [0.25, 0.3) is 0 Å². The number of likely N-dealkylation sites (tertiary alicyclic amines) is 1. The third kappa shape index (κ3) is 4.07. The number of anilines is 1. The molecule has 1 heterocycles. The topological polar surface area (TPSA) is 66.5 Å². The first kappa shape index (κ1) is 18.5. The number of benzene rings is 2. The summed E-state index contributed by atoms with van der Waals surface area (Å²) in [7, 11) is -3.45. The van der Waals surface area contributed by atoms with Crippen molar-refractivity contribution in [1.82, 2.24) is 4.90 Å². The molecule has 1 amide bonds. The number of amides is 1. The summed E-state index contributed by atoms with van der Waals surface area (Å²) in [5, 5.41) is 0. The highest BCUT2D eigenvalue weighted by atomic mass is 32.2. The number of rotatable bonds is 4. The van der Waals surface area contributed by atoms with E-state index in [4.69, 9.17) is 0 Å². The Balaban J connectivity index is 1.83. The highest BCUT2D eigenvalue weighted by molar-refractivity contribution is 7.92. The first-order valence-corrected chi connectivity index (χ1v) is 10.6. The fraction of sp³-hybridized carbons (Fsp3) is 0.350. The van der Waals surface area contributed by atoms with Crippen molar-refractivity contribution < 1.29 is 13.2 Å². The van der Waals surface area contributed by atoms with Crippen LogP contribution in [0.5, 0.6) is 0 Å². The number of aryl methyl sites for hydroxylation is 1. The standard InChI is InChI=1S/C20H24N2O3S/c1-14-8-10-16(11-9-14)17-12-15(2)22(13-17)20(23)18-6-4-5-7-19(18)21-26(3,24)25/h4-11,15,17,21H,12-13H2,1-3H3. The average molecular weight is 372 g/mol. The van der Waals surface area contributed by atoms with E-state index in [0.717, 1.165) is 12.7 Å². The fourth-order valence-electron chi connectivity index (χ4n) is 3.51. The maximum absolute atomic E-state index is 13.1. The van der Waals surface area contributed by atoms with Crippen LogP contribution in [0.2, 0.25) is 0 Å². The van der Waals surface area contributed by atoms with Crippen molar-refractivity contribution >= 4 is 21.6 Å². The van der Waals surface area contributed by atoms with Gasteiger partial charge in [0, 0.05) is 18.5 Å². The lowest BCUT2D eigenvalue weighted by atomic mass is 9.96. The zero-order valence-electron chi connectivity index (χ0n) is 15.3. The van der Waals surface area contributed by atoms with Crippen LogP contribution in [0.3, 0.4) is 0 Å². The van der Waals surface area contributed by atoms with Gasteiger partial charge in [0.25, 0.3) is 5.91 Å². The van der Waals surface area contributed by atoms with Crippen molar-refractivity contribution in [3.8, 4) is 0 Å². The van der Waals surface area contributed by atoms with Gasteiger partial charge in [0.05, 0.1) is 17.5 Å². The normalized spacial score (nSPS) is 20.2. The largest absolute Gasteiger partial charge is 0.335 e. The molecular weight excluding hydrogens is 348 g/mol. The summed E-state index contributed by atoms with van der Waals surface area (Å²) in [4.78, 5) is 14.9. The maximum Gasteiger partial charge on any atom is 0.256 e. The van der Waals surface area contributed by atoms with Crippen molar-refractivity contribution in [1.29, 1.82) is 0 Å². The number of hydrogen-bond donors (Lipinski definition) is 1. The molecule has 0 spiro atoms. The minimum absolute atomic E-state index is 0.0973. The van der Waals surface area contributed by atoms with E-state index in [9.17, 15) is 13.2 Å². The summed E-state index contributed by atoms with van der Waals surface area (Å²) >= 11 is 0. The van der Waals surface area contributed by atoms with Crippen molar-refractivity contribution in [3.63, 3.8) is 0 Å². The van der Waals surface area contributed by atoms with E-state index in [1.54, 1.807) is 24.3 Å². The van der Waals surface area contributed by atoms with E-state index in [1.807, 2.05) is 11.8 Å². The third-order valence-corrected chi connectivity index (χ3v) is 5.43. The van der Waals surface area contributed by atoms with Crippen LogP contribution in [0, 0.1) is 6.92 Å². The number of nitrogens with one attached hydrogen (secondary N) is 1. The van der Waals surface area contributed by atoms with Gasteiger partial charge in [-0.2, -0.15) is 0 Å². The molecule has 138 valence electrons. The zero-order chi connectivity index (χ0) is 18.9. The van der Waals surface area contributed by atoms with E-state index in [2.05, 4.69) is 35.9 Å². The second kappa shape index (κ2) is 7.11. The molecular formula is C20H24N2O3S. The smallest absolute Gasteiger partial charge is 0.256 e. The Labute approximate surface area is 155 Å². The predicted octanol–water partition coefficient (Wildman–Crippen LogP) is 3.38. The second-order valence-electron chi connectivity index (χ2n) is 7.07. The van der Waals surface area contributed by atoms with Crippen LogP contribution in [0.4, 0.5) is 5.69 Å². The van der Waals surface area contributed by atoms with Crippen LogP contribution < -0.4 is 4.72 Å². The van der Waals surface area contributed by atoms with E-state index in [-0.39, 0.29) is 11.9 Å². The number of nitrogens with zero attached hydrogens (tertiary/aromatic N) is 1. The molecule has 1 aliphatic heterocycles. The Morgan fingerprint density at radius 3 is 2.42 bits per heavy atom. The van der Waals surface area contributed by atoms with Crippen LogP contribution in [-0.4, -0.2) is 38.1 Å². The van der Waals surface area contributed by atoms with Gasteiger partial charge in [-0.3, -0.25) is 9.52 Å². The minimum atomic E-state index is -3.45. The Morgan fingerprint density at radius 1 is 1.12 bits per heavy atom. The molecule has 0 aliphatic carbocycles. The lowest BCUT2D eigenvalue weighted by Gasteiger charge is -2.23. The molecule has 1 saturated heterocycles. The highest BCUT2D eigenvalue weighted by Gasteiger charge is 2.34. The molecule has 26 heavy (non-hydrogen) atoms. The van der Waals surface area contributed by atoms with Crippen molar-refractivity contribution in [2.24, 2.45) is 0 Å². The lowest BCUT2D eigenvalue weighted by molar-refractivity contribution is 0.0747. The SMILES string of the molecule is Cc1ccc(C2CC(C)N(C(=O)c3ccccc3NS(C)(=O)=O)C2)cc1. The van der Waals surface area contributed by atoms with Crippen molar-refractivity contribution in [2.75, 3.05) is 17.5 Å². The van der Waals surface area contributed by atoms with Crippen LogP contribution in [0.1, 0.15) is 40.7 Å². The van der Waals surface area contributed by atoms with Gasteiger partial charge in [-0.1, -0.05) is 42.0 Å². The molecule has 1 aliphatic rings. The van der Waals surface area contributed by atoms with Gasteiger partial charge in [-0.25, -0.2) is 8.42 Å². The number of carbonyl (C=O) groups excluding carboxylic acids is 1. The average Bonchev–Trinajstić information content (AvgIpc) is 2.96. The highest BCUT2D eigenvalue weighted by Crippen LogP contribution is 2.33. The van der Waals surface area contributed by atoms with Crippen LogP contribution in [-0.2, 0) is 10.0 Å². The summed E-state index contributed by atoms with van der Waals surface area (Å²) in [5.41, 5.74) is 3.16. The van der Waals surface area contributed by atoms with Gasteiger partial charge in [-0.15, -0.1) is 0 Å². The Hall–Kier alpha value is -2.34. The van der Waals surface area contributed by atoms with Crippen molar-refractivity contribution in [3.05, 3.63) is 65.2 Å². The number of hydrogen-bond acceptors (Lipinski definition) is 3. The summed E-state index contributed by atoms with van der Waals surface area (Å²) < 4.78 is 25.6. The maximum atomic E-state index is 13.1. The van der Waals surface area contributed by atoms with Gasteiger partial charge in [0.2, 0.25) is 10.0 Å². The molecule has 0 saturated carbocycles. The first-order valence-electron chi connectivity index (χ1n) is 8.69. The number of sulfonamides is 1. The van der Waals surface area contributed by atoms with Gasteiger partial charge < -0.3 is 4.90 Å². The monoisotopic (exact) mass is 372 g/mol. The Morgan fingerprint density at radius 2 is 1.77 bits per heavy atom. The Kier molecular flexibility index (Phi) is 5.05. The molecule has 2 aromatic rings. The fourth-order valence-corrected chi connectivity index (χ4v) is 4.08. The zero-order valence-corrected chi connectivity index (χ0v) is 16.1. The van der Waals surface area contributed by atoms with Crippen LogP contribution >= 0.6 is 0 Å².